The van der Waals surface area contributed by atoms with Crippen molar-refractivity contribution in [2.24, 2.45) is 10.8 Å². The van der Waals surface area contributed by atoms with Crippen molar-refractivity contribution in [1.82, 2.24) is 4.90 Å². The summed E-state index contributed by atoms with van der Waals surface area (Å²) in [4.78, 5) is 14.9. The van der Waals surface area contributed by atoms with Gasteiger partial charge in [0.2, 0.25) is 5.91 Å². The number of hydrogen-bond donors (Lipinski definition) is 3. The third-order valence-electron chi connectivity index (χ3n) is 6.16. The maximum Gasteiger partial charge on any atom is 0.231 e. The lowest BCUT2D eigenvalue weighted by atomic mass is 9.72. The lowest BCUT2D eigenvalue weighted by molar-refractivity contribution is -0.161. The molecular weight excluding hydrogens is 353 g/mol. The van der Waals surface area contributed by atoms with E-state index in [9.17, 15) is 24.5 Å². The Labute approximate surface area is 158 Å². The number of hydrogen-bond acceptors (Lipinski definition) is 5. The first-order valence-corrected chi connectivity index (χ1v) is 9.46. The predicted molar refractivity (Wildman–Crippen MR) is 96.4 cm³/mol. The number of ether oxygens (including phenoxy) is 1. The van der Waals surface area contributed by atoms with Gasteiger partial charge in [0.15, 0.2) is 0 Å². The van der Waals surface area contributed by atoms with Crippen LogP contribution in [-0.4, -0.2) is 71.7 Å². The van der Waals surface area contributed by atoms with Crippen LogP contribution in [0, 0.1) is 16.6 Å². The Bertz CT molecular complexity index is 646. The Kier molecular flexibility index (Phi) is 6.15. The maximum atomic E-state index is 13.2. The van der Waals surface area contributed by atoms with Crippen molar-refractivity contribution >= 4 is 5.91 Å². The van der Waals surface area contributed by atoms with Gasteiger partial charge in [-0.15, -0.1) is 0 Å². The summed E-state index contributed by atoms with van der Waals surface area (Å²) in [5.74, 6) is -0.487. The summed E-state index contributed by atoms with van der Waals surface area (Å²) >= 11 is 0. The molecule has 0 unspecified atom stereocenters. The van der Waals surface area contributed by atoms with Crippen LogP contribution < -0.4 is 0 Å². The van der Waals surface area contributed by atoms with E-state index in [4.69, 9.17) is 4.74 Å². The summed E-state index contributed by atoms with van der Waals surface area (Å²) in [5, 5.41) is 30.6. The molecule has 0 aromatic heterocycles. The molecule has 150 valence electrons. The highest BCUT2D eigenvalue weighted by Gasteiger charge is 2.48. The van der Waals surface area contributed by atoms with Crippen LogP contribution in [0.2, 0.25) is 0 Å². The van der Waals surface area contributed by atoms with E-state index in [1.807, 2.05) is 0 Å². The molecule has 7 heteroatoms. The highest BCUT2D eigenvalue weighted by molar-refractivity contribution is 5.83. The van der Waals surface area contributed by atoms with Gasteiger partial charge < -0.3 is 25.0 Å². The van der Waals surface area contributed by atoms with Crippen LogP contribution >= 0.6 is 0 Å². The molecule has 0 radical (unpaired) electrons. The van der Waals surface area contributed by atoms with Crippen LogP contribution in [0.5, 0.6) is 0 Å². The number of likely N-dealkylation sites (tertiary alicyclic amines) is 1. The molecule has 27 heavy (non-hydrogen) atoms. The van der Waals surface area contributed by atoms with Crippen molar-refractivity contribution < 1.29 is 29.2 Å². The van der Waals surface area contributed by atoms with Crippen LogP contribution in [0.3, 0.4) is 0 Å². The molecule has 0 bridgehead atoms. The highest BCUT2D eigenvalue weighted by Crippen LogP contribution is 2.38. The van der Waals surface area contributed by atoms with Crippen molar-refractivity contribution in [2.75, 3.05) is 39.5 Å². The van der Waals surface area contributed by atoms with E-state index >= 15 is 0 Å². The van der Waals surface area contributed by atoms with E-state index in [-0.39, 0.29) is 31.5 Å². The Balaban J connectivity index is 1.80. The molecule has 2 aliphatic rings. The first-order valence-electron chi connectivity index (χ1n) is 9.46. The van der Waals surface area contributed by atoms with Crippen molar-refractivity contribution in [2.45, 2.75) is 31.8 Å². The van der Waals surface area contributed by atoms with E-state index in [1.54, 1.807) is 17.0 Å². The van der Waals surface area contributed by atoms with Crippen LogP contribution in [-0.2, 0) is 16.0 Å². The lowest BCUT2D eigenvalue weighted by Gasteiger charge is -2.48. The number of aliphatic hydroxyl groups excluding tert-OH is 3. The van der Waals surface area contributed by atoms with Gasteiger partial charge in [-0.2, -0.15) is 0 Å². The molecule has 0 saturated carbocycles. The molecule has 1 aromatic rings. The van der Waals surface area contributed by atoms with Gasteiger partial charge in [-0.25, -0.2) is 4.39 Å². The van der Waals surface area contributed by atoms with Crippen molar-refractivity contribution in [1.29, 1.82) is 0 Å². The number of halogens is 1. The number of nitrogens with zero attached hydrogens (tertiary/aromatic N) is 1. The van der Waals surface area contributed by atoms with Crippen LogP contribution in [0.15, 0.2) is 24.3 Å². The first-order chi connectivity index (χ1) is 12.9. The first kappa shape index (κ1) is 20.2. The zero-order valence-corrected chi connectivity index (χ0v) is 15.4. The summed E-state index contributed by atoms with van der Waals surface area (Å²) in [7, 11) is 0. The Hall–Kier alpha value is -1.54. The quantitative estimate of drug-likeness (QED) is 0.700. The van der Waals surface area contributed by atoms with Crippen molar-refractivity contribution in [3.05, 3.63) is 35.6 Å². The molecule has 0 spiro atoms. The second kappa shape index (κ2) is 8.22. The number of carbonyl (C=O) groups excluding carboxylic acids is 1. The SMILES string of the molecule is O=C(N1CC[C@H](O)[C@@](CO)(Cc2ccc(F)cc2)C1)C1(CO)CCOCC1. The Morgan fingerprint density at radius 1 is 1.19 bits per heavy atom. The zero-order chi connectivity index (χ0) is 19.5. The number of carbonyl (C=O) groups is 1. The van der Waals surface area contributed by atoms with E-state index in [1.165, 1.54) is 12.1 Å². The zero-order valence-electron chi connectivity index (χ0n) is 15.4. The molecule has 2 atom stereocenters. The smallest absolute Gasteiger partial charge is 0.231 e. The van der Waals surface area contributed by atoms with Gasteiger partial charge in [0.1, 0.15) is 5.82 Å². The summed E-state index contributed by atoms with van der Waals surface area (Å²) < 4.78 is 18.5. The molecule has 3 rings (SSSR count). The fourth-order valence-electron chi connectivity index (χ4n) is 4.25. The fraction of sp³-hybridized carbons (Fsp3) is 0.650. The number of aliphatic hydroxyl groups is 3. The summed E-state index contributed by atoms with van der Waals surface area (Å²) in [5.41, 5.74) is -0.965. The van der Waals surface area contributed by atoms with Gasteiger partial charge in [0.05, 0.1) is 24.7 Å². The average molecular weight is 381 g/mol. The van der Waals surface area contributed by atoms with Gasteiger partial charge in [-0.3, -0.25) is 4.79 Å². The molecule has 2 saturated heterocycles. The van der Waals surface area contributed by atoms with E-state index in [0.29, 0.717) is 45.4 Å². The molecule has 2 aliphatic heterocycles. The molecule has 1 aromatic carbocycles. The highest BCUT2D eigenvalue weighted by atomic mass is 19.1. The molecule has 1 amide bonds. The van der Waals surface area contributed by atoms with Gasteiger partial charge >= 0.3 is 0 Å². The molecule has 2 heterocycles. The lowest BCUT2D eigenvalue weighted by Crippen LogP contribution is -2.59. The van der Waals surface area contributed by atoms with Crippen molar-refractivity contribution in [3.8, 4) is 0 Å². The standard InChI is InChI=1S/C20H28FNO5/c21-16-3-1-15(2-4-16)11-20(14-24)12-22(8-5-17(20)25)18(26)19(13-23)6-9-27-10-7-19/h1-4,17,23-25H,5-14H2/t17-,20-/m0/s1. The Morgan fingerprint density at radius 2 is 1.85 bits per heavy atom. The minimum absolute atomic E-state index is 0.142. The fourth-order valence-corrected chi connectivity index (χ4v) is 4.25. The van der Waals surface area contributed by atoms with Gasteiger partial charge in [0.25, 0.3) is 0 Å². The van der Waals surface area contributed by atoms with Gasteiger partial charge in [0, 0.05) is 31.7 Å². The minimum atomic E-state index is -0.909. The second-order valence-electron chi connectivity index (χ2n) is 7.91. The number of amides is 1. The summed E-state index contributed by atoms with van der Waals surface area (Å²) in [6.07, 6.45) is 0.850. The van der Waals surface area contributed by atoms with Crippen LogP contribution in [0.1, 0.15) is 24.8 Å². The van der Waals surface area contributed by atoms with Crippen LogP contribution in [0.4, 0.5) is 4.39 Å². The molecule has 6 nitrogen and oxygen atoms in total. The third kappa shape index (κ3) is 4.01. The second-order valence-corrected chi connectivity index (χ2v) is 7.91. The predicted octanol–water partition coefficient (Wildman–Crippen LogP) is 0.729. The molecular formula is C20H28FNO5. The molecule has 0 aliphatic carbocycles. The molecule has 2 fully saturated rings. The van der Waals surface area contributed by atoms with Gasteiger partial charge in [-0.05, 0) is 43.4 Å². The minimum Gasteiger partial charge on any atom is -0.396 e. The number of benzene rings is 1. The monoisotopic (exact) mass is 381 g/mol. The summed E-state index contributed by atoms with van der Waals surface area (Å²) in [6.45, 7) is 0.924. The normalized spacial score (nSPS) is 28.1. The third-order valence-corrected chi connectivity index (χ3v) is 6.16. The van der Waals surface area contributed by atoms with Crippen molar-refractivity contribution in [3.63, 3.8) is 0 Å². The van der Waals surface area contributed by atoms with E-state index in [2.05, 4.69) is 0 Å². The van der Waals surface area contributed by atoms with E-state index < -0.39 is 16.9 Å². The Morgan fingerprint density at radius 3 is 2.44 bits per heavy atom. The topological polar surface area (TPSA) is 90.2 Å². The largest absolute Gasteiger partial charge is 0.396 e. The number of piperidine rings is 1. The summed E-state index contributed by atoms with van der Waals surface area (Å²) in [6, 6.07) is 5.96. The van der Waals surface area contributed by atoms with Gasteiger partial charge in [-0.1, -0.05) is 12.1 Å². The molecule has 3 N–H and O–H groups in total. The number of rotatable bonds is 5. The van der Waals surface area contributed by atoms with E-state index in [0.717, 1.165) is 5.56 Å². The van der Waals surface area contributed by atoms with Crippen LogP contribution in [0.25, 0.3) is 0 Å². The average Bonchev–Trinajstić information content (AvgIpc) is 2.71. The maximum absolute atomic E-state index is 13.2.